The smallest absolute Gasteiger partial charge is 0.347 e. The first-order valence-corrected chi connectivity index (χ1v) is 8.01. The summed E-state index contributed by atoms with van der Waals surface area (Å²) in [5.41, 5.74) is 1.46. The number of carbonyl (C=O) groups is 1. The third-order valence-corrected chi connectivity index (χ3v) is 3.76. The number of fused-ring (bicyclic) bond motifs is 1. The molecule has 0 aliphatic heterocycles. The molecule has 134 valence electrons. The summed E-state index contributed by atoms with van der Waals surface area (Å²) in [6, 6.07) is 10.3. The number of esters is 1. The number of ether oxygens (including phenoxy) is 2. The SMILES string of the molecule is Cc1cccn2c(=O)cc(COC(=O)[C@@H](C)Oc3ccc(F)cc3)nc12. The van der Waals surface area contributed by atoms with Gasteiger partial charge in [-0.3, -0.25) is 9.20 Å². The predicted octanol–water partition coefficient (Wildman–Crippen LogP) is 2.65. The number of hydrogen-bond acceptors (Lipinski definition) is 5. The Morgan fingerprint density at radius 2 is 2.00 bits per heavy atom. The fourth-order valence-electron chi connectivity index (χ4n) is 2.41. The van der Waals surface area contributed by atoms with Gasteiger partial charge in [0.2, 0.25) is 0 Å². The van der Waals surface area contributed by atoms with Crippen molar-refractivity contribution >= 4 is 11.6 Å². The van der Waals surface area contributed by atoms with Crippen molar-refractivity contribution in [2.75, 3.05) is 0 Å². The molecule has 0 bridgehead atoms. The topological polar surface area (TPSA) is 69.9 Å². The van der Waals surface area contributed by atoms with Gasteiger partial charge in [-0.2, -0.15) is 0 Å². The summed E-state index contributed by atoms with van der Waals surface area (Å²) in [6.07, 6.45) is 0.746. The minimum atomic E-state index is -0.885. The molecule has 6 nitrogen and oxygen atoms in total. The zero-order chi connectivity index (χ0) is 18.7. The summed E-state index contributed by atoms with van der Waals surface area (Å²) in [5, 5.41) is 0. The van der Waals surface area contributed by atoms with E-state index in [1.807, 2.05) is 13.0 Å². The summed E-state index contributed by atoms with van der Waals surface area (Å²) < 4.78 is 24.9. The summed E-state index contributed by atoms with van der Waals surface area (Å²) >= 11 is 0. The average Bonchev–Trinajstić information content (AvgIpc) is 2.62. The lowest BCUT2D eigenvalue weighted by molar-refractivity contribution is -0.152. The lowest BCUT2D eigenvalue weighted by atomic mass is 10.3. The van der Waals surface area contributed by atoms with Gasteiger partial charge in [-0.25, -0.2) is 14.2 Å². The molecule has 0 fully saturated rings. The molecule has 3 aromatic rings. The second-order valence-corrected chi connectivity index (χ2v) is 5.79. The molecule has 0 N–H and O–H groups in total. The van der Waals surface area contributed by atoms with Gasteiger partial charge < -0.3 is 9.47 Å². The molecule has 3 rings (SSSR count). The highest BCUT2D eigenvalue weighted by Gasteiger charge is 2.17. The third-order valence-electron chi connectivity index (χ3n) is 3.76. The maximum atomic E-state index is 12.9. The van der Waals surface area contributed by atoms with Crippen molar-refractivity contribution in [2.45, 2.75) is 26.6 Å². The van der Waals surface area contributed by atoms with Gasteiger partial charge >= 0.3 is 5.97 Å². The molecule has 2 heterocycles. The molecule has 0 saturated heterocycles. The van der Waals surface area contributed by atoms with E-state index in [2.05, 4.69) is 4.98 Å². The monoisotopic (exact) mass is 356 g/mol. The highest BCUT2D eigenvalue weighted by molar-refractivity contribution is 5.74. The number of rotatable bonds is 5. The molecule has 0 spiro atoms. The fraction of sp³-hybridized carbons (Fsp3) is 0.211. The summed E-state index contributed by atoms with van der Waals surface area (Å²) in [4.78, 5) is 28.6. The second-order valence-electron chi connectivity index (χ2n) is 5.79. The zero-order valence-corrected chi connectivity index (χ0v) is 14.3. The minimum absolute atomic E-state index is 0.143. The number of aryl methyl sites for hydroxylation is 1. The number of aromatic nitrogens is 2. The van der Waals surface area contributed by atoms with Crippen molar-refractivity contribution in [1.29, 1.82) is 0 Å². The van der Waals surface area contributed by atoms with E-state index in [1.165, 1.54) is 41.7 Å². The normalized spacial score (nSPS) is 12.0. The molecule has 0 radical (unpaired) electrons. The Morgan fingerprint density at radius 3 is 2.73 bits per heavy atom. The predicted molar refractivity (Wildman–Crippen MR) is 92.5 cm³/mol. The molecular weight excluding hydrogens is 339 g/mol. The number of carbonyl (C=O) groups excluding carboxylic acids is 1. The van der Waals surface area contributed by atoms with Crippen LogP contribution in [0.1, 0.15) is 18.2 Å². The number of benzene rings is 1. The Hall–Kier alpha value is -3.22. The van der Waals surface area contributed by atoms with Crippen LogP contribution in [0.3, 0.4) is 0 Å². The standard InChI is InChI=1S/C19H17FN2O4/c1-12-4-3-9-22-17(23)10-15(21-18(12)22)11-25-19(24)13(2)26-16-7-5-14(20)6-8-16/h3-10,13H,11H2,1-2H3/t13-/m1/s1. The van der Waals surface area contributed by atoms with E-state index in [9.17, 15) is 14.0 Å². The molecule has 2 aromatic heterocycles. The van der Waals surface area contributed by atoms with Crippen LogP contribution in [0, 0.1) is 12.7 Å². The third kappa shape index (κ3) is 3.88. The molecule has 1 atom stereocenters. The number of pyridine rings is 1. The highest BCUT2D eigenvalue weighted by atomic mass is 19.1. The van der Waals surface area contributed by atoms with Gasteiger partial charge in [-0.15, -0.1) is 0 Å². The molecule has 0 unspecified atom stereocenters. The molecule has 7 heteroatoms. The van der Waals surface area contributed by atoms with E-state index in [0.29, 0.717) is 17.1 Å². The first kappa shape index (κ1) is 17.6. The van der Waals surface area contributed by atoms with Crippen molar-refractivity contribution in [3.63, 3.8) is 0 Å². The van der Waals surface area contributed by atoms with Crippen LogP contribution in [-0.4, -0.2) is 21.5 Å². The first-order chi connectivity index (χ1) is 12.4. The van der Waals surface area contributed by atoms with Gasteiger partial charge in [0.1, 0.15) is 23.8 Å². The van der Waals surface area contributed by atoms with Gasteiger partial charge in [0, 0.05) is 12.3 Å². The van der Waals surface area contributed by atoms with E-state index < -0.39 is 17.9 Å². The summed E-state index contributed by atoms with van der Waals surface area (Å²) in [7, 11) is 0. The Balaban J connectivity index is 1.67. The maximum absolute atomic E-state index is 12.9. The second kappa shape index (κ2) is 7.35. The minimum Gasteiger partial charge on any atom is -0.479 e. The van der Waals surface area contributed by atoms with E-state index in [4.69, 9.17) is 9.47 Å². The van der Waals surface area contributed by atoms with Gasteiger partial charge in [-0.05, 0) is 49.7 Å². The molecule has 26 heavy (non-hydrogen) atoms. The van der Waals surface area contributed by atoms with E-state index in [1.54, 1.807) is 12.3 Å². The van der Waals surface area contributed by atoms with Crippen molar-refractivity contribution in [3.8, 4) is 5.75 Å². The van der Waals surface area contributed by atoms with Gasteiger partial charge in [0.15, 0.2) is 6.10 Å². The molecule has 0 aliphatic carbocycles. The Kier molecular flexibility index (Phi) is 4.97. The summed E-state index contributed by atoms with van der Waals surface area (Å²) in [5.74, 6) is -0.647. The van der Waals surface area contributed by atoms with E-state index >= 15 is 0 Å². The quantitative estimate of drug-likeness (QED) is 0.658. The Labute approximate surface area is 148 Å². The van der Waals surface area contributed by atoms with Crippen molar-refractivity contribution in [3.05, 3.63) is 76.1 Å². The van der Waals surface area contributed by atoms with Crippen molar-refractivity contribution < 1.29 is 18.7 Å². The lowest BCUT2D eigenvalue weighted by Crippen LogP contribution is -2.26. The van der Waals surface area contributed by atoms with E-state index in [0.717, 1.165) is 5.56 Å². The first-order valence-electron chi connectivity index (χ1n) is 8.01. The van der Waals surface area contributed by atoms with Crippen LogP contribution in [0.25, 0.3) is 5.65 Å². The van der Waals surface area contributed by atoms with Crippen LogP contribution in [0.5, 0.6) is 5.75 Å². The number of halogens is 1. The van der Waals surface area contributed by atoms with E-state index in [-0.39, 0.29) is 12.2 Å². The molecule has 1 aromatic carbocycles. The average molecular weight is 356 g/mol. The summed E-state index contributed by atoms with van der Waals surface area (Å²) in [6.45, 7) is 3.23. The number of nitrogens with zero attached hydrogens (tertiary/aromatic N) is 2. The van der Waals surface area contributed by atoms with Gasteiger partial charge in [0.05, 0.1) is 5.69 Å². The maximum Gasteiger partial charge on any atom is 0.347 e. The molecule has 0 saturated carbocycles. The Bertz CT molecular complexity index is 999. The fourth-order valence-corrected chi connectivity index (χ4v) is 2.41. The van der Waals surface area contributed by atoms with Crippen LogP contribution in [0.2, 0.25) is 0 Å². The Morgan fingerprint density at radius 1 is 1.27 bits per heavy atom. The molecule has 0 amide bonds. The van der Waals surface area contributed by atoms with Gasteiger partial charge in [-0.1, -0.05) is 6.07 Å². The largest absolute Gasteiger partial charge is 0.479 e. The molecule has 0 aliphatic rings. The van der Waals surface area contributed by atoms with Crippen LogP contribution in [0.15, 0.2) is 53.5 Å². The van der Waals surface area contributed by atoms with Gasteiger partial charge in [0.25, 0.3) is 5.56 Å². The van der Waals surface area contributed by atoms with Crippen LogP contribution >= 0.6 is 0 Å². The molecular formula is C19H17FN2O4. The van der Waals surface area contributed by atoms with Crippen molar-refractivity contribution in [1.82, 2.24) is 9.38 Å². The van der Waals surface area contributed by atoms with Crippen LogP contribution < -0.4 is 10.3 Å². The van der Waals surface area contributed by atoms with Crippen LogP contribution in [-0.2, 0) is 16.1 Å². The lowest BCUT2D eigenvalue weighted by Gasteiger charge is -2.14. The number of hydrogen-bond donors (Lipinski definition) is 0. The highest BCUT2D eigenvalue weighted by Crippen LogP contribution is 2.14. The van der Waals surface area contributed by atoms with Crippen LogP contribution in [0.4, 0.5) is 4.39 Å². The zero-order valence-electron chi connectivity index (χ0n) is 14.3. The van der Waals surface area contributed by atoms with Crippen molar-refractivity contribution in [2.24, 2.45) is 0 Å².